The Balaban J connectivity index is 1.43. The number of hydrogen-bond acceptors (Lipinski definition) is 5. The summed E-state index contributed by atoms with van der Waals surface area (Å²) in [4.78, 5) is 0. The zero-order valence-electron chi connectivity index (χ0n) is 19.3. The van der Waals surface area contributed by atoms with Gasteiger partial charge in [0.05, 0.1) is 13.2 Å². The second-order valence-corrected chi connectivity index (χ2v) is 8.48. The molecule has 0 radical (unpaired) electrons. The topological polar surface area (TPSA) is 49.0 Å². The highest BCUT2D eigenvalue weighted by Crippen LogP contribution is 2.41. The van der Waals surface area contributed by atoms with E-state index >= 15 is 0 Å². The Hall–Kier alpha value is -3.44. The van der Waals surface area contributed by atoms with E-state index in [9.17, 15) is 0 Å². The molecule has 0 saturated heterocycles. The van der Waals surface area contributed by atoms with E-state index < -0.39 is 0 Å². The van der Waals surface area contributed by atoms with Crippen LogP contribution in [0, 0.1) is 13.8 Å². The minimum Gasteiger partial charge on any atom is -0.493 e. The van der Waals surface area contributed by atoms with Crippen LogP contribution >= 0.6 is 0 Å². The standard InChI is InChI=1S/C28H29NO4/c1-18-13-24-25(33-17-32-24)14-21(18)9-10-23-27-19(2)28(30-3)26(15-22(27)11-12-29-23)31-16-20-7-5-4-6-8-20/h4-10,13-15,23,29H,11-12,16-17H2,1-3H3/b10-9+. The van der Waals surface area contributed by atoms with E-state index in [-0.39, 0.29) is 12.8 Å². The SMILES string of the molecule is COc1c(OCc2ccccc2)cc2c(c1C)C(/C=C/c1cc3c(cc1C)OCO3)NCC2. The van der Waals surface area contributed by atoms with Crippen molar-refractivity contribution in [1.82, 2.24) is 5.32 Å². The number of rotatable bonds is 6. The van der Waals surface area contributed by atoms with Crippen molar-refractivity contribution in [3.63, 3.8) is 0 Å². The Bertz CT molecular complexity index is 1190. The average Bonchev–Trinajstić information content (AvgIpc) is 3.29. The van der Waals surface area contributed by atoms with Crippen LogP contribution in [0.5, 0.6) is 23.0 Å². The fraction of sp³-hybridized carbons (Fsp3) is 0.286. The Morgan fingerprint density at radius 2 is 1.85 bits per heavy atom. The highest BCUT2D eigenvalue weighted by molar-refractivity contribution is 5.63. The molecule has 0 saturated carbocycles. The zero-order chi connectivity index (χ0) is 22.8. The third-order valence-corrected chi connectivity index (χ3v) is 6.36. The molecule has 5 nitrogen and oxygen atoms in total. The van der Waals surface area contributed by atoms with Gasteiger partial charge in [-0.25, -0.2) is 0 Å². The zero-order valence-corrected chi connectivity index (χ0v) is 19.3. The molecule has 3 aromatic rings. The van der Waals surface area contributed by atoms with Gasteiger partial charge in [-0.05, 0) is 66.3 Å². The summed E-state index contributed by atoms with van der Waals surface area (Å²) >= 11 is 0. The van der Waals surface area contributed by atoms with Gasteiger partial charge in [0.1, 0.15) is 6.61 Å². The second kappa shape index (κ2) is 9.20. The summed E-state index contributed by atoms with van der Waals surface area (Å²) < 4.78 is 23.0. The van der Waals surface area contributed by atoms with E-state index in [0.29, 0.717) is 6.61 Å². The number of nitrogens with one attached hydrogen (secondary N) is 1. The molecule has 5 rings (SSSR count). The van der Waals surface area contributed by atoms with Crippen LogP contribution in [0.3, 0.4) is 0 Å². The van der Waals surface area contributed by atoms with Gasteiger partial charge in [-0.15, -0.1) is 0 Å². The molecule has 1 N–H and O–H groups in total. The molecular formula is C28H29NO4. The minimum absolute atomic E-state index is 0.0932. The maximum Gasteiger partial charge on any atom is 0.231 e. The van der Waals surface area contributed by atoms with Crippen LogP contribution in [0.15, 0.2) is 54.6 Å². The van der Waals surface area contributed by atoms with Gasteiger partial charge in [0.15, 0.2) is 23.0 Å². The molecule has 1 unspecified atom stereocenters. The minimum atomic E-state index is 0.0932. The van der Waals surface area contributed by atoms with Crippen LogP contribution < -0.4 is 24.3 Å². The van der Waals surface area contributed by atoms with Crippen LogP contribution in [0.2, 0.25) is 0 Å². The predicted octanol–water partition coefficient (Wildman–Crippen LogP) is 5.52. The lowest BCUT2D eigenvalue weighted by molar-refractivity contribution is 0.174. The van der Waals surface area contributed by atoms with Gasteiger partial charge >= 0.3 is 0 Å². The number of methoxy groups -OCH3 is 1. The highest BCUT2D eigenvalue weighted by atomic mass is 16.7. The van der Waals surface area contributed by atoms with E-state index in [1.54, 1.807) is 7.11 Å². The van der Waals surface area contributed by atoms with Crippen LogP contribution in [-0.4, -0.2) is 20.4 Å². The van der Waals surface area contributed by atoms with Gasteiger partial charge in [-0.3, -0.25) is 0 Å². The van der Waals surface area contributed by atoms with Crippen LogP contribution in [-0.2, 0) is 13.0 Å². The number of fused-ring (bicyclic) bond motifs is 2. The number of benzene rings is 3. The van der Waals surface area contributed by atoms with Gasteiger partial charge in [-0.2, -0.15) is 0 Å². The van der Waals surface area contributed by atoms with Gasteiger partial charge in [-0.1, -0.05) is 42.5 Å². The lowest BCUT2D eigenvalue weighted by Gasteiger charge is -2.29. The first-order valence-electron chi connectivity index (χ1n) is 11.3. The van der Waals surface area contributed by atoms with E-state index in [4.69, 9.17) is 18.9 Å². The van der Waals surface area contributed by atoms with Gasteiger partial charge in [0.2, 0.25) is 6.79 Å². The Morgan fingerprint density at radius 3 is 2.64 bits per heavy atom. The van der Waals surface area contributed by atoms with Crippen molar-refractivity contribution in [1.29, 1.82) is 0 Å². The lowest BCUT2D eigenvalue weighted by Crippen LogP contribution is -2.29. The van der Waals surface area contributed by atoms with Crippen molar-refractivity contribution in [3.8, 4) is 23.0 Å². The maximum absolute atomic E-state index is 6.19. The summed E-state index contributed by atoms with van der Waals surface area (Å²) in [5, 5.41) is 3.65. The van der Waals surface area contributed by atoms with E-state index in [2.05, 4.69) is 49.5 Å². The summed E-state index contributed by atoms with van der Waals surface area (Å²) in [7, 11) is 1.71. The molecule has 0 spiro atoms. The Labute approximate surface area is 194 Å². The first kappa shape index (κ1) is 21.4. The largest absolute Gasteiger partial charge is 0.493 e. The highest BCUT2D eigenvalue weighted by Gasteiger charge is 2.25. The number of hydrogen-bond donors (Lipinski definition) is 1. The van der Waals surface area contributed by atoms with E-state index in [0.717, 1.165) is 58.2 Å². The van der Waals surface area contributed by atoms with Crippen LogP contribution in [0.25, 0.3) is 6.08 Å². The third kappa shape index (κ3) is 4.29. The summed E-state index contributed by atoms with van der Waals surface area (Å²) in [6.07, 6.45) is 5.34. The monoisotopic (exact) mass is 443 g/mol. The second-order valence-electron chi connectivity index (χ2n) is 8.48. The quantitative estimate of drug-likeness (QED) is 0.544. The van der Waals surface area contributed by atoms with Crippen molar-refractivity contribution in [2.45, 2.75) is 32.9 Å². The van der Waals surface area contributed by atoms with Crippen LogP contribution in [0.4, 0.5) is 0 Å². The van der Waals surface area contributed by atoms with Gasteiger partial charge in [0.25, 0.3) is 0 Å². The molecule has 0 fully saturated rings. The molecule has 0 bridgehead atoms. The molecule has 0 aliphatic carbocycles. The molecule has 2 aliphatic heterocycles. The molecule has 33 heavy (non-hydrogen) atoms. The van der Waals surface area contributed by atoms with E-state index in [1.165, 1.54) is 11.1 Å². The first-order valence-corrected chi connectivity index (χ1v) is 11.3. The van der Waals surface area contributed by atoms with Crippen LogP contribution in [0.1, 0.15) is 39.4 Å². The Morgan fingerprint density at radius 1 is 1.06 bits per heavy atom. The number of aryl methyl sites for hydroxylation is 1. The van der Waals surface area contributed by atoms with E-state index in [1.807, 2.05) is 30.3 Å². The molecule has 0 amide bonds. The van der Waals surface area contributed by atoms with Crippen molar-refractivity contribution < 1.29 is 18.9 Å². The molecule has 3 aromatic carbocycles. The summed E-state index contributed by atoms with van der Waals surface area (Å²) in [5.74, 6) is 3.21. The molecule has 2 heterocycles. The summed E-state index contributed by atoms with van der Waals surface area (Å²) in [6, 6.07) is 16.5. The normalized spacial score (nSPS) is 16.6. The first-order chi connectivity index (χ1) is 16.1. The summed E-state index contributed by atoms with van der Waals surface area (Å²) in [5.41, 5.74) is 7.09. The molecule has 0 aromatic heterocycles. The molecular weight excluding hydrogens is 414 g/mol. The van der Waals surface area contributed by atoms with Crippen molar-refractivity contribution in [3.05, 3.63) is 88.0 Å². The average molecular weight is 444 g/mol. The lowest BCUT2D eigenvalue weighted by atomic mass is 9.88. The fourth-order valence-electron chi connectivity index (χ4n) is 4.65. The Kier molecular flexibility index (Phi) is 5.97. The predicted molar refractivity (Wildman–Crippen MR) is 129 cm³/mol. The van der Waals surface area contributed by atoms with Crippen molar-refractivity contribution in [2.75, 3.05) is 20.4 Å². The smallest absolute Gasteiger partial charge is 0.231 e. The molecule has 1 atom stereocenters. The molecule has 5 heteroatoms. The summed E-state index contributed by atoms with van der Waals surface area (Å²) in [6.45, 7) is 5.92. The third-order valence-electron chi connectivity index (χ3n) is 6.36. The number of ether oxygens (including phenoxy) is 4. The molecule has 170 valence electrons. The van der Waals surface area contributed by atoms with Crippen molar-refractivity contribution >= 4 is 6.08 Å². The fourth-order valence-corrected chi connectivity index (χ4v) is 4.65. The molecule has 2 aliphatic rings. The maximum atomic E-state index is 6.19. The van der Waals surface area contributed by atoms with Gasteiger partial charge in [0, 0.05) is 12.1 Å². The van der Waals surface area contributed by atoms with Crippen molar-refractivity contribution in [2.24, 2.45) is 0 Å². The van der Waals surface area contributed by atoms with Gasteiger partial charge < -0.3 is 24.3 Å².